The third-order valence-electron chi connectivity index (χ3n) is 2.02. The molecule has 1 atom stereocenters. The Labute approximate surface area is 75.2 Å². The highest BCUT2D eigenvalue weighted by molar-refractivity contribution is 7.99. The zero-order valence-electron chi connectivity index (χ0n) is 6.53. The van der Waals surface area contributed by atoms with Crippen LogP contribution in [-0.4, -0.2) is 16.0 Å². The molecule has 0 saturated carbocycles. The van der Waals surface area contributed by atoms with E-state index in [1.165, 1.54) is 0 Å². The molecule has 1 aliphatic rings. The van der Waals surface area contributed by atoms with Crippen molar-refractivity contribution in [3.05, 3.63) is 23.8 Å². The van der Waals surface area contributed by atoms with Crippen LogP contribution in [0.1, 0.15) is 18.1 Å². The minimum Gasteiger partial charge on any atom is -0.507 e. The fourth-order valence-electron chi connectivity index (χ4n) is 1.39. The van der Waals surface area contributed by atoms with Gasteiger partial charge in [-0.2, -0.15) is 0 Å². The molecule has 2 nitrogen and oxygen atoms in total. The molecule has 0 aliphatic carbocycles. The van der Waals surface area contributed by atoms with E-state index >= 15 is 0 Å². The van der Waals surface area contributed by atoms with Gasteiger partial charge in [-0.05, 0) is 18.1 Å². The van der Waals surface area contributed by atoms with Crippen molar-refractivity contribution in [2.45, 2.75) is 17.4 Å². The minimum absolute atomic E-state index is 0.288. The maximum Gasteiger partial charge on any atom is 0.129 e. The van der Waals surface area contributed by atoms with Crippen molar-refractivity contribution in [3.63, 3.8) is 0 Å². The number of aliphatic hydroxyl groups excluding tert-OH is 1. The molecule has 64 valence electrons. The lowest BCUT2D eigenvalue weighted by molar-refractivity contribution is 0.169. The Bertz CT molecular complexity index is 299. The number of hydrogen-bond donors (Lipinski definition) is 2. The molecular weight excluding hydrogens is 172 g/mol. The van der Waals surface area contributed by atoms with Crippen molar-refractivity contribution in [3.8, 4) is 5.75 Å². The monoisotopic (exact) mass is 182 g/mol. The third kappa shape index (κ3) is 1.19. The molecule has 2 rings (SSSR count). The molecule has 0 aromatic heterocycles. The van der Waals surface area contributed by atoms with Crippen molar-refractivity contribution < 1.29 is 10.2 Å². The molecule has 12 heavy (non-hydrogen) atoms. The molecule has 1 unspecified atom stereocenters. The van der Waals surface area contributed by atoms with Crippen molar-refractivity contribution >= 4 is 11.8 Å². The average molecular weight is 182 g/mol. The predicted molar refractivity (Wildman–Crippen MR) is 48.4 cm³/mol. The molecule has 0 bridgehead atoms. The highest BCUT2D eigenvalue weighted by Crippen LogP contribution is 2.40. The van der Waals surface area contributed by atoms with Gasteiger partial charge in [-0.25, -0.2) is 0 Å². The van der Waals surface area contributed by atoms with Gasteiger partial charge in [-0.15, -0.1) is 11.8 Å². The van der Waals surface area contributed by atoms with Gasteiger partial charge in [0, 0.05) is 5.75 Å². The number of phenolic OH excluding ortho intramolecular Hbond substituents is 1. The van der Waals surface area contributed by atoms with Crippen molar-refractivity contribution in [2.75, 3.05) is 5.75 Å². The van der Waals surface area contributed by atoms with Crippen LogP contribution in [0, 0.1) is 0 Å². The number of thioether (sulfide) groups is 1. The zero-order valence-corrected chi connectivity index (χ0v) is 7.34. The summed E-state index contributed by atoms with van der Waals surface area (Å²) in [4.78, 5) is 0.844. The topological polar surface area (TPSA) is 40.5 Å². The maximum absolute atomic E-state index is 9.56. The Morgan fingerprint density at radius 3 is 3.00 bits per heavy atom. The number of aliphatic hydroxyl groups is 1. The standard InChI is InChI=1S/C9H10O2S/c10-7-4-5-12-9-6(7)2-1-3-8(9)11/h1-3,7,10-11H,4-5H2. The van der Waals surface area contributed by atoms with Gasteiger partial charge in [0.25, 0.3) is 0 Å². The molecule has 0 fully saturated rings. The Morgan fingerprint density at radius 1 is 1.42 bits per heavy atom. The van der Waals surface area contributed by atoms with Gasteiger partial charge in [-0.3, -0.25) is 0 Å². The third-order valence-corrected chi connectivity index (χ3v) is 3.19. The van der Waals surface area contributed by atoms with Gasteiger partial charge in [0.2, 0.25) is 0 Å². The number of aromatic hydroxyl groups is 1. The van der Waals surface area contributed by atoms with Crippen LogP contribution in [0.4, 0.5) is 0 Å². The Balaban J connectivity index is 2.52. The minimum atomic E-state index is -0.395. The van der Waals surface area contributed by atoms with E-state index in [1.54, 1.807) is 23.9 Å². The van der Waals surface area contributed by atoms with Crippen LogP contribution in [0.25, 0.3) is 0 Å². The summed E-state index contributed by atoms with van der Waals surface area (Å²) in [6, 6.07) is 5.29. The first-order valence-electron chi connectivity index (χ1n) is 3.92. The summed E-state index contributed by atoms with van der Waals surface area (Å²) in [6.07, 6.45) is 0.384. The van der Waals surface area contributed by atoms with Gasteiger partial charge in [-0.1, -0.05) is 12.1 Å². The summed E-state index contributed by atoms with van der Waals surface area (Å²) in [5.74, 6) is 1.17. The summed E-state index contributed by atoms with van der Waals surface area (Å²) >= 11 is 1.61. The lowest BCUT2D eigenvalue weighted by Crippen LogP contribution is -2.05. The van der Waals surface area contributed by atoms with Crippen molar-refractivity contribution in [1.29, 1.82) is 0 Å². The first-order valence-corrected chi connectivity index (χ1v) is 4.90. The molecular formula is C9H10O2S. The van der Waals surface area contributed by atoms with Crippen molar-refractivity contribution in [2.24, 2.45) is 0 Å². The molecule has 1 aromatic carbocycles. The van der Waals surface area contributed by atoms with E-state index in [0.29, 0.717) is 0 Å². The second-order valence-electron chi connectivity index (χ2n) is 2.85. The van der Waals surface area contributed by atoms with Crippen LogP contribution in [0.2, 0.25) is 0 Å². The molecule has 1 aliphatic heterocycles. The number of fused-ring (bicyclic) bond motifs is 1. The molecule has 0 saturated heterocycles. The summed E-state index contributed by atoms with van der Waals surface area (Å²) in [5, 5.41) is 19.0. The second kappa shape index (κ2) is 2.99. The number of benzene rings is 1. The van der Waals surface area contributed by atoms with E-state index in [2.05, 4.69) is 0 Å². The molecule has 0 radical (unpaired) electrons. The first-order chi connectivity index (χ1) is 5.79. The highest BCUT2D eigenvalue weighted by atomic mass is 32.2. The number of rotatable bonds is 0. The van der Waals surface area contributed by atoms with Gasteiger partial charge in [0.05, 0.1) is 11.0 Å². The van der Waals surface area contributed by atoms with Crippen LogP contribution in [0.15, 0.2) is 23.1 Å². The fraction of sp³-hybridized carbons (Fsp3) is 0.333. The molecule has 3 heteroatoms. The smallest absolute Gasteiger partial charge is 0.129 e. The van der Waals surface area contributed by atoms with E-state index in [0.717, 1.165) is 22.6 Å². The Kier molecular flexibility index (Phi) is 1.98. The normalized spacial score (nSPS) is 21.9. The first kappa shape index (κ1) is 7.95. The summed E-state index contributed by atoms with van der Waals surface area (Å²) in [7, 11) is 0. The lowest BCUT2D eigenvalue weighted by atomic mass is 10.1. The summed E-state index contributed by atoms with van der Waals surface area (Å²) < 4.78 is 0. The summed E-state index contributed by atoms with van der Waals surface area (Å²) in [5.41, 5.74) is 0.867. The Hall–Kier alpha value is -0.670. The van der Waals surface area contributed by atoms with E-state index in [4.69, 9.17) is 0 Å². The van der Waals surface area contributed by atoms with Gasteiger partial charge in [0.1, 0.15) is 5.75 Å². The average Bonchev–Trinajstić information content (AvgIpc) is 2.07. The van der Waals surface area contributed by atoms with E-state index in [9.17, 15) is 10.2 Å². The van der Waals surface area contributed by atoms with Gasteiger partial charge in [0.15, 0.2) is 0 Å². The van der Waals surface area contributed by atoms with E-state index in [-0.39, 0.29) is 5.75 Å². The maximum atomic E-state index is 9.56. The van der Waals surface area contributed by atoms with Crippen LogP contribution >= 0.6 is 11.8 Å². The fourth-order valence-corrected chi connectivity index (χ4v) is 2.52. The van der Waals surface area contributed by atoms with E-state index < -0.39 is 6.10 Å². The van der Waals surface area contributed by atoms with Crippen molar-refractivity contribution in [1.82, 2.24) is 0 Å². The van der Waals surface area contributed by atoms with Crippen LogP contribution in [0.5, 0.6) is 5.75 Å². The highest BCUT2D eigenvalue weighted by Gasteiger charge is 2.20. The zero-order chi connectivity index (χ0) is 8.55. The molecule has 0 spiro atoms. The van der Waals surface area contributed by atoms with Gasteiger partial charge < -0.3 is 10.2 Å². The van der Waals surface area contributed by atoms with Gasteiger partial charge >= 0.3 is 0 Å². The van der Waals surface area contributed by atoms with Crippen LogP contribution in [0.3, 0.4) is 0 Å². The molecule has 2 N–H and O–H groups in total. The summed E-state index contributed by atoms with van der Waals surface area (Å²) in [6.45, 7) is 0. The SMILES string of the molecule is Oc1cccc2c1SCCC2O. The van der Waals surface area contributed by atoms with Crippen LogP contribution in [-0.2, 0) is 0 Å². The largest absolute Gasteiger partial charge is 0.507 e. The molecule has 0 amide bonds. The Morgan fingerprint density at radius 2 is 2.25 bits per heavy atom. The molecule has 1 heterocycles. The second-order valence-corrected chi connectivity index (χ2v) is 3.95. The lowest BCUT2D eigenvalue weighted by Gasteiger charge is -2.20. The quantitative estimate of drug-likeness (QED) is 0.644. The number of phenols is 1. The predicted octanol–water partition coefficient (Wildman–Crippen LogP) is 1.92. The molecule has 1 aromatic rings. The van der Waals surface area contributed by atoms with E-state index in [1.807, 2.05) is 6.07 Å². The number of hydrogen-bond acceptors (Lipinski definition) is 3. The van der Waals surface area contributed by atoms with Crippen LogP contribution < -0.4 is 0 Å².